The number of fused-ring (bicyclic) bond motifs is 1. The van der Waals surface area contributed by atoms with Gasteiger partial charge in [-0.15, -0.1) is 0 Å². The van der Waals surface area contributed by atoms with E-state index in [9.17, 15) is 0 Å². The first-order valence-electron chi connectivity index (χ1n) is 6.98. The van der Waals surface area contributed by atoms with Gasteiger partial charge in [0.15, 0.2) is 6.23 Å². The Morgan fingerprint density at radius 2 is 1.95 bits per heavy atom. The molecule has 0 aromatic heterocycles. The van der Waals surface area contributed by atoms with Gasteiger partial charge in [-0.3, -0.25) is 0 Å². The average Bonchev–Trinajstić information content (AvgIpc) is 2.96. The second-order valence-electron chi connectivity index (χ2n) is 5.06. The lowest BCUT2D eigenvalue weighted by molar-refractivity contribution is 0.260. The van der Waals surface area contributed by atoms with Gasteiger partial charge in [0.1, 0.15) is 5.75 Å². The first kappa shape index (κ1) is 13.3. The summed E-state index contributed by atoms with van der Waals surface area (Å²) < 4.78 is 5.89. The first-order chi connectivity index (χ1) is 10.3. The maximum atomic E-state index is 8.63. The number of anilines is 2. The van der Waals surface area contributed by atoms with Crippen LogP contribution in [0.5, 0.6) is 5.75 Å². The molecule has 1 atom stereocenters. The van der Waals surface area contributed by atoms with Crippen molar-refractivity contribution >= 4 is 11.4 Å². The van der Waals surface area contributed by atoms with E-state index in [1.54, 1.807) is 0 Å². The highest BCUT2D eigenvalue weighted by Gasteiger charge is 2.22. The lowest BCUT2D eigenvalue weighted by Gasteiger charge is -2.19. The molecule has 0 radical (unpaired) electrons. The van der Waals surface area contributed by atoms with E-state index in [0.29, 0.717) is 6.42 Å². The molecule has 1 aliphatic heterocycles. The van der Waals surface area contributed by atoms with Crippen molar-refractivity contribution in [2.75, 3.05) is 23.8 Å². The monoisotopic (exact) mass is 279 g/mol. The second kappa shape index (κ2) is 5.76. The van der Waals surface area contributed by atoms with Gasteiger partial charge in [0, 0.05) is 24.8 Å². The van der Waals surface area contributed by atoms with Gasteiger partial charge in [-0.1, -0.05) is 24.3 Å². The van der Waals surface area contributed by atoms with E-state index in [-0.39, 0.29) is 6.23 Å². The molecule has 0 saturated carbocycles. The van der Waals surface area contributed by atoms with Crippen LogP contribution in [0.15, 0.2) is 48.5 Å². The zero-order chi connectivity index (χ0) is 14.7. The third-order valence-corrected chi connectivity index (χ3v) is 3.61. The fourth-order valence-electron chi connectivity index (χ4n) is 2.39. The van der Waals surface area contributed by atoms with Crippen LogP contribution in [0.3, 0.4) is 0 Å². The Labute approximate surface area is 124 Å². The molecule has 0 bridgehead atoms. The average molecular weight is 279 g/mol. The third kappa shape index (κ3) is 2.77. The molecule has 21 heavy (non-hydrogen) atoms. The summed E-state index contributed by atoms with van der Waals surface area (Å²) in [5, 5.41) is 12.0. The van der Waals surface area contributed by atoms with Crippen molar-refractivity contribution in [2.24, 2.45) is 0 Å². The second-order valence-corrected chi connectivity index (χ2v) is 5.06. The molecule has 1 aliphatic rings. The molecule has 0 unspecified atom stereocenters. The van der Waals surface area contributed by atoms with E-state index in [2.05, 4.69) is 40.6 Å². The van der Waals surface area contributed by atoms with E-state index in [0.717, 1.165) is 29.2 Å². The number of nitrogens with zero attached hydrogens (tertiary/aromatic N) is 2. The molecule has 106 valence electrons. The van der Waals surface area contributed by atoms with Crippen LogP contribution in [0, 0.1) is 11.3 Å². The summed E-state index contributed by atoms with van der Waals surface area (Å²) in [4.78, 5) is 2.07. The van der Waals surface area contributed by atoms with Gasteiger partial charge in [0.2, 0.25) is 0 Å². The highest BCUT2D eigenvalue weighted by atomic mass is 16.5. The van der Waals surface area contributed by atoms with Crippen LogP contribution in [-0.2, 0) is 0 Å². The van der Waals surface area contributed by atoms with Gasteiger partial charge in [-0.05, 0) is 24.3 Å². The number of nitrogens with one attached hydrogen (secondary N) is 1. The minimum absolute atomic E-state index is 0.138. The van der Waals surface area contributed by atoms with Crippen LogP contribution in [0.2, 0.25) is 0 Å². The van der Waals surface area contributed by atoms with Crippen molar-refractivity contribution in [3.05, 3.63) is 54.1 Å². The highest BCUT2D eigenvalue weighted by Crippen LogP contribution is 2.37. The zero-order valence-electron chi connectivity index (χ0n) is 11.9. The summed E-state index contributed by atoms with van der Waals surface area (Å²) in [5.74, 6) is 0.887. The van der Waals surface area contributed by atoms with E-state index in [1.807, 2.05) is 31.3 Å². The van der Waals surface area contributed by atoms with E-state index >= 15 is 0 Å². The number of rotatable bonds is 4. The summed E-state index contributed by atoms with van der Waals surface area (Å²) in [6.07, 6.45) is 0.391. The number of ether oxygens (including phenoxy) is 1. The largest absolute Gasteiger partial charge is 0.464 e. The summed E-state index contributed by atoms with van der Waals surface area (Å²) >= 11 is 0. The van der Waals surface area contributed by atoms with Crippen molar-refractivity contribution in [1.82, 2.24) is 0 Å². The molecule has 0 fully saturated rings. The molecule has 1 heterocycles. The predicted molar refractivity (Wildman–Crippen MR) is 83.4 cm³/mol. The van der Waals surface area contributed by atoms with Gasteiger partial charge < -0.3 is 15.0 Å². The Hall–Kier alpha value is -2.67. The Morgan fingerprint density at radius 1 is 1.19 bits per heavy atom. The molecule has 3 rings (SSSR count). The van der Waals surface area contributed by atoms with Crippen molar-refractivity contribution in [3.8, 4) is 11.8 Å². The summed E-state index contributed by atoms with van der Waals surface area (Å²) in [7, 11) is 1.99. The minimum atomic E-state index is -0.138. The molecule has 0 amide bonds. The van der Waals surface area contributed by atoms with Crippen LogP contribution in [0.25, 0.3) is 0 Å². The van der Waals surface area contributed by atoms with Crippen LogP contribution in [0.4, 0.5) is 11.4 Å². The van der Waals surface area contributed by atoms with E-state index in [4.69, 9.17) is 10.00 Å². The molecule has 1 N–H and O–H groups in total. The van der Waals surface area contributed by atoms with Crippen molar-refractivity contribution in [2.45, 2.75) is 12.6 Å². The minimum Gasteiger partial charge on any atom is -0.464 e. The Balaban J connectivity index is 1.70. The molecule has 0 aliphatic carbocycles. The normalized spacial score (nSPS) is 15.5. The SMILES string of the molecule is CN(CCC#N)c1ccc([C@@H]2Nc3ccccc3O2)cc1. The lowest BCUT2D eigenvalue weighted by atomic mass is 10.1. The Morgan fingerprint density at radius 3 is 2.67 bits per heavy atom. The Kier molecular flexibility index (Phi) is 3.65. The van der Waals surface area contributed by atoms with Gasteiger partial charge in [-0.25, -0.2) is 0 Å². The molecule has 4 nitrogen and oxygen atoms in total. The molecule has 2 aromatic rings. The van der Waals surface area contributed by atoms with Crippen LogP contribution < -0.4 is 15.0 Å². The topological polar surface area (TPSA) is 48.3 Å². The van der Waals surface area contributed by atoms with Crippen LogP contribution in [-0.4, -0.2) is 13.6 Å². The standard InChI is InChI=1S/C17H17N3O/c1-20(12-4-11-18)14-9-7-13(8-10-14)17-19-15-5-2-3-6-16(15)21-17/h2-3,5-10,17,19H,4,12H2,1H3/t17-/m1/s1. The summed E-state index contributed by atoms with van der Waals surface area (Å²) in [5.41, 5.74) is 3.21. The molecule has 0 spiro atoms. The summed E-state index contributed by atoms with van der Waals surface area (Å²) in [6, 6.07) is 18.3. The van der Waals surface area contributed by atoms with Crippen molar-refractivity contribution in [1.29, 1.82) is 5.26 Å². The van der Waals surface area contributed by atoms with E-state index in [1.165, 1.54) is 0 Å². The van der Waals surface area contributed by atoms with Gasteiger partial charge in [0.05, 0.1) is 18.2 Å². The molecule has 4 heteroatoms. The number of hydrogen-bond acceptors (Lipinski definition) is 4. The van der Waals surface area contributed by atoms with Gasteiger partial charge in [-0.2, -0.15) is 5.26 Å². The highest BCUT2D eigenvalue weighted by molar-refractivity contribution is 5.61. The fraction of sp³-hybridized carbons (Fsp3) is 0.235. The molecular formula is C17H17N3O. The number of nitriles is 1. The lowest BCUT2D eigenvalue weighted by Crippen LogP contribution is -2.18. The number of hydrogen-bond donors (Lipinski definition) is 1. The first-order valence-corrected chi connectivity index (χ1v) is 6.98. The zero-order valence-corrected chi connectivity index (χ0v) is 11.9. The maximum absolute atomic E-state index is 8.63. The molecular weight excluding hydrogens is 262 g/mol. The molecule has 2 aromatic carbocycles. The van der Waals surface area contributed by atoms with Crippen LogP contribution in [0.1, 0.15) is 18.2 Å². The number of benzene rings is 2. The fourth-order valence-corrected chi connectivity index (χ4v) is 2.39. The maximum Gasteiger partial charge on any atom is 0.196 e. The predicted octanol–water partition coefficient (Wildman–Crippen LogP) is 3.54. The van der Waals surface area contributed by atoms with Crippen LogP contribution >= 0.6 is 0 Å². The smallest absolute Gasteiger partial charge is 0.196 e. The third-order valence-electron chi connectivity index (χ3n) is 3.61. The Bertz CT molecular complexity index is 635. The quantitative estimate of drug-likeness (QED) is 0.930. The number of para-hydroxylation sites is 2. The summed E-state index contributed by atoms with van der Waals surface area (Å²) in [6.45, 7) is 0.736. The van der Waals surface area contributed by atoms with E-state index < -0.39 is 0 Å². The molecule has 0 saturated heterocycles. The van der Waals surface area contributed by atoms with Gasteiger partial charge in [0.25, 0.3) is 0 Å². The van der Waals surface area contributed by atoms with Crippen molar-refractivity contribution < 1.29 is 4.74 Å². The van der Waals surface area contributed by atoms with Crippen molar-refractivity contribution in [3.63, 3.8) is 0 Å². The van der Waals surface area contributed by atoms with Gasteiger partial charge >= 0.3 is 0 Å².